The van der Waals surface area contributed by atoms with E-state index in [1.165, 1.54) is 6.07 Å². The maximum atomic E-state index is 13.5. The van der Waals surface area contributed by atoms with Crippen molar-refractivity contribution in [2.24, 2.45) is 0 Å². The lowest BCUT2D eigenvalue weighted by Gasteiger charge is -2.24. The summed E-state index contributed by atoms with van der Waals surface area (Å²) in [5.74, 6) is -1.16. The standard InChI is InChI=1S/C16H13FN2O3/c17-11-6-2-1-5-10(11)9-18-15(20)14-16(21)19-12-7-3-4-8-13(12)22-14/h1-8,14H,9H2,(H,18,20)(H,19,21). The molecule has 0 saturated heterocycles. The third-order valence-electron chi connectivity index (χ3n) is 3.28. The van der Waals surface area contributed by atoms with Gasteiger partial charge in [-0.05, 0) is 18.2 Å². The van der Waals surface area contributed by atoms with E-state index in [1.807, 2.05) is 0 Å². The van der Waals surface area contributed by atoms with E-state index < -0.39 is 23.7 Å². The highest BCUT2D eigenvalue weighted by molar-refractivity contribution is 6.11. The van der Waals surface area contributed by atoms with E-state index in [-0.39, 0.29) is 6.54 Å². The Morgan fingerprint density at radius 3 is 2.73 bits per heavy atom. The minimum atomic E-state index is -1.29. The molecule has 2 N–H and O–H groups in total. The fourth-order valence-electron chi connectivity index (χ4n) is 2.14. The summed E-state index contributed by atoms with van der Waals surface area (Å²) in [6.45, 7) is -0.0136. The molecule has 1 aliphatic heterocycles. The van der Waals surface area contributed by atoms with E-state index in [0.717, 1.165) is 0 Å². The van der Waals surface area contributed by atoms with E-state index in [1.54, 1.807) is 42.5 Å². The number of ether oxygens (including phenoxy) is 1. The van der Waals surface area contributed by atoms with Gasteiger partial charge in [0.15, 0.2) is 0 Å². The second kappa shape index (κ2) is 5.85. The molecule has 0 spiro atoms. The van der Waals surface area contributed by atoms with Crippen molar-refractivity contribution in [3.8, 4) is 5.75 Å². The number of hydrogen-bond acceptors (Lipinski definition) is 3. The van der Waals surface area contributed by atoms with Crippen molar-refractivity contribution in [2.45, 2.75) is 12.6 Å². The highest BCUT2D eigenvalue weighted by Gasteiger charge is 2.33. The summed E-state index contributed by atoms with van der Waals surface area (Å²) >= 11 is 0. The Morgan fingerprint density at radius 1 is 1.18 bits per heavy atom. The first kappa shape index (κ1) is 14.1. The average Bonchev–Trinajstić information content (AvgIpc) is 2.53. The molecule has 1 aliphatic rings. The molecular weight excluding hydrogens is 287 g/mol. The number of fused-ring (bicyclic) bond motifs is 1. The molecule has 112 valence electrons. The number of rotatable bonds is 3. The lowest BCUT2D eigenvalue weighted by Crippen LogP contribution is -2.48. The molecule has 1 unspecified atom stereocenters. The molecule has 0 saturated carbocycles. The summed E-state index contributed by atoms with van der Waals surface area (Å²) in [6.07, 6.45) is -1.29. The predicted molar refractivity (Wildman–Crippen MR) is 77.7 cm³/mol. The minimum Gasteiger partial charge on any atom is -0.468 e. The van der Waals surface area contributed by atoms with Gasteiger partial charge in [-0.1, -0.05) is 30.3 Å². The Bertz CT molecular complexity index is 733. The van der Waals surface area contributed by atoms with E-state index in [4.69, 9.17) is 4.74 Å². The van der Waals surface area contributed by atoms with Crippen molar-refractivity contribution in [3.63, 3.8) is 0 Å². The van der Waals surface area contributed by atoms with Gasteiger partial charge >= 0.3 is 0 Å². The van der Waals surface area contributed by atoms with Crippen LogP contribution in [0.25, 0.3) is 0 Å². The molecule has 22 heavy (non-hydrogen) atoms. The molecule has 2 aromatic carbocycles. The van der Waals surface area contributed by atoms with Crippen LogP contribution in [0.1, 0.15) is 5.56 Å². The van der Waals surface area contributed by atoms with Gasteiger partial charge in [0.1, 0.15) is 11.6 Å². The van der Waals surface area contributed by atoms with Gasteiger partial charge in [-0.2, -0.15) is 0 Å². The Balaban J connectivity index is 1.68. The van der Waals surface area contributed by atoms with Crippen LogP contribution in [0, 0.1) is 5.82 Å². The molecule has 0 aromatic heterocycles. The molecule has 3 rings (SSSR count). The van der Waals surface area contributed by atoms with E-state index >= 15 is 0 Å². The van der Waals surface area contributed by atoms with Crippen LogP contribution in [0.4, 0.5) is 10.1 Å². The highest BCUT2D eigenvalue weighted by atomic mass is 19.1. The number of para-hydroxylation sites is 2. The largest absolute Gasteiger partial charge is 0.468 e. The van der Waals surface area contributed by atoms with Gasteiger partial charge in [0, 0.05) is 12.1 Å². The summed E-state index contributed by atoms with van der Waals surface area (Å²) in [6, 6.07) is 12.9. The van der Waals surface area contributed by atoms with Gasteiger partial charge < -0.3 is 15.4 Å². The lowest BCUT2D eigenvalue weighted by atomic mass is 10.2. The van der Waals surface area contributed by atoms with Crippen LogP contribution in [0.2, 0.25) is 0 Å². The average molecular weight is 300 g/mol. The fraction of sp³-hybridized carbons (Fsp3) is 0.125. The van der Waals surface area contributed by atoms with Crippen LogP contribution in [0.15, 0.2) is 48.5 Å². The maximum absolute atomic E-state index is 13.5. The molecule has 2 aromatic rings. The van der Waals surface area contributed by atoms with Crippen LogP contribution in [0.3, 0.4) is 0 Å². The molecule has 5 nitrogen and oxygen atoms in total. The van der Waals surface area contributed by atoms with Gasteiger partial charge in [0.25, 0.3) is 17.9 Å². The van der Waals surface area contributed by atoms with E-state index in [0.29, 0.717) is 17.0 Å². The van der Waals surface area contributed by atoms with Gasteiger partial charge in [-0.15, -0.1) is 0 Å². The topological polar surface area (TPSA) is 67.4 Å². The van der Waals surface area contributed by atoms with Crippen LogP contribution >= 0.6 is 0 Å². The monoisotopic (exact) mass is 300 g/mol. The molecule has 2 amide bonds. The van der Waals surface area contributed by atoms with E-state index in [9.17, 15) is 14.0 Å². The fourth-order valence-corrected chi connectivity index (χ4v) is 2.14. The number of anilines is 1. The Hall–Kier alpha value is -2.89. The van der Waals surface area contributed by atoms with Gasteiger partial charge in [0.05, 0.1) is 5.69 Å². The van der Waals surface area contributed by atoms with Crippen LogP contribution in [-0.4, -0.2) is 17.9 Å². The third-order valence-corrected chi connectivity index (χ3v) is 3.28. The zero-order chi connectivity index (χ0) is 15.5. The molecule has 1 atom stereocenters. The Kier molecular flexibility index (Phi) is 3.74. The minimum absolute atomic E-state index is 0.0136. The number of carbonyl (C=O) groups is 2. The molecular formula is C16H13FN2O3. The van der Waals surface area contributed by atoms with E-state index in [2.05, 4.69) is 10.6 Å². The molecule has 0 bridgehead atoms. The van der Waals surface area contributed by atoms with Crippen molar-refractivity contribution in [1.82, 2.24) is 5.32 Å². The number of amides is 2. The molecule has 0 fully saturated rings. The highest BCUT2D eigenvalue weighted by Crippen LogP contribution is 2.28. The van der Waals surface area contributed by atoms with Crippen LogP contribution in [0.5, 0.6) is 5.75 Å². The van der Waals surface area contributed by atoms with Crippen LogP contribution in [-0.2, 0) is 16.1 Å². The van der Waals surface area contributed by atoms with Gasteiger partial charge in [-0.3, -0.25) is 9.59 Å². The normalized spacial score (nSPS) is 16.2. The zero-order valence-corrected chi connectivity index (χ0v) is 11.5. The van der Waals surface area contributed by atoms with Crippen LogP contribution < -0.4 is 15.4 Å². The first-order chi connectivity index (χ1) is 10.6. The number of nitrogens with one attached hydrogen (secondary N) is 2. The number of carbonyl (C=O) groups excluding carboxylic acids is 2. The van der Waals surface area contributed by atoms with Crippen molar-refractivity contribution in [1.29, 1.82) is 0 Å². The van der Waals surface area contributed by atoms with Crippen molar-refractivity contribution >= 4 is 17.5 Å². The summed E-state index contributed by atoms with van der Waals surface area (Å²) in [5.41, 5.74) is 0.859. The van der Waals surface area contributed by atoms with Crippen molar-refractivity contribution in [2.75, 3.05) is 5.32 Å². The number of benzene rings is 2. The Morgan fingerprint density at radius 2 is 1.91 bits per heavy atom. The Labute approximate surface area is 126 Å². The second-order valence-corrected chi connectivity index (χ2v) is 4.79. The van der Waals surface area contributed by atoms with Crippen molar-refractivity contribution < 1.29 is 18.7 Å². The first-order valence-electron chi connectivity index (χ1n) is 6.73. The summed E-state index contributed by atoms with van der Waals surface area (Å²) in [5, 5.41) is 5.11. The third kappa shape index (κ3) is 2.76. The smallest absolute Gasteiger partial charge is 0.275 e. The summed E-state index contributed by atoms with van der Waals surface area (Å²) in [7, 11) is 0. The summed E-state index contributed by atoms with van der Waals surface area (Å²) < 4.78 is 18.9. The first-order valence-corrected chi connectivity index (χ1v) is 6.73. The zero-order valence-electron chi connectivity index (χ0n) is 11.5. The van der Waals surface area contributed by atoms with Gasteiger partial charge in [-0.25, -0.2) is 4.39 Å². The maximum Gasteiger partial charge on any atom is 0.275 e. The lowest BCUT2D eigenvalue weighted by molar-refractivity contribution is -0.137. The molecule has 1 heterocycles. The quantitative estimate of drug-likeness (QED) is 0.850. The molecule has 0 radical (unpaired) electrons. The number of hydrogen-bond donors (Lipinski definition) is 2. The number of halogens is 1. The SMILES string of the molecule is O=C(NCc1ccccc1F)C1Oc2ccccc2NC1=O. The summed E-state index contributed by atoms with van der Waals surface area (Å²) in [4.78, 5) is 24.0. The second-order valence-electron chi connectivity index (χ2n) is 4.79. The predicted octanol–water partition coefficient (Wildman–Crippen LogP) is 1.84. The van der Waals surface area contributed by atoms with Gasteiger partial charge in [0.2, 0.25) is 0 Å². The molecule has 0 aliphatic carbocycles. The van der Waals surface area contributed by atoms with Crippen molar-refractivity contribution in [3.05, 3.63) is 59.9 Å². The molecule has 6 heteroatoms.